The van der Waals surface area contributed by atoms with Crippen molar-refractivity contribution in [2.45, 2.75) is 37.5 Å². The summed E-state index contributed by atoms with van der Waals surface area (Å²) in [5.74, 6) is 0. The molecule has 7 heteroatoms. The fraction of sp³-hybridized carbons (Fsp3) is 0.500. The van der Waals surface area contributed by atoms with Crippen LogP contribution in [0.15, 0.2) is 24.3 Å². The highest BCUT2D eigenvalue weighted by molar-refractivity contribution is 5.96. The maximum atomic E-state index is 12.1. The summed E-state index contributed by atoms with van der Waals surface area (Å²) in [7, 11) is 0. The summed E-state index contributed by atoms with van der Waals surface area (Å²) in [5, 5.41) is 31.6. The Morgan fingerprint density at radius 1 is 1.43 bits per heavy atom. The van der Waals surface area contributed by atoms with E-state index in [4.69, 9.17) is 9.84 Å². The van der Waals surface area contributed by atoms with Gasteiger partial charge in [-0.1, -0.05) is 18.2 Å². The Kier molecular flexibility index (Phi) is 3.58. The fourth-order valence-corrected chi connectivity index (χ4v) is 2.91. The van der Waals surface area contributed by atoms with Crippen molar-refractivity contribution in [3.05, 3.63) is 29.8 Å². The van der Waals surface area contributed by atoms with Crippen LogP contribution in [-0.4, -0.2) is 58.5 Å². The number of urea groups is 1. The molecule has 21 heavy (non-hydrogen) atoms. The average molecular weight is 294 g/mol. The third-order valence-corrected chi connectivity index (χ3v) is 4.01. The number of hydrogen-bond acceptors (Lipinski definition) is 5. The topological polar surface area (TPSA) is 102 Å². The summed E-state index contributed by atoms with van der Waals surface area (Å²) in [6, 6.07) is 6.37. The van der Waals surface area contributed by atoms with Crippen LogP contribution in [0.5, 0.6) is 0 Å². The van der Waals surface area contributed by atoms with Gasteiger partial charge in [0.15, 0.2) is 6.23 Å². The minimum absolute atomic E-state index is 0.352. The molecule has 2 amide bonds. The van der Waals surface area contributed by atoms with Gasteiger partial charge in [-0.15, -0.1) is 0 Å². The molecule has 114 valence electrons. The SMILES string of the molecule is Cc1ccccc1N1C(=O)N[C@@H]2[C@@H](O)[C@@H]([C@H](O)CO)O[C@@H]21. The molecule has 2 fully saturated rings. The zero-order chi connectivity index (χ0) is 15.1. The number of fused-ring (bicyclic) bond motifs is 1. The van der Waals surface area contributed by atoms with Crippen molar-refractivity contribution >= 4 is 11.7 Å². The highest BCUT2D eigenvalue weighted by Crippen LogP contribution is 2.34. The fourth-order valence-electron chi connectivity index (χ4n) is 2.91. The van der Waals surface area contributed by atoms with Crippen LogP contribution in [0.2, 0.25) is 0 Å². The maximum Gasteiger partial charge on any atom is 0.324 e. The number of para-hydroxylation sites is 1. The number of benzene rings is 1. The van der Waals surface area contributed by atoms with Crippen molar-refractivity contribution in [3.63, 3.8) is 0 Å². The molecule has 0 aliphatic carbocycles. The summed E-state index contributed by atoms with van der Waals surface area (Å²) >= 11 is 0. The number of aliphatic hydroxyl groups is 3. The van der Waals surface area contributed by atoms with Crippen LogP contribution in [0.1, 0.15) is 5.56 Å². The monoisotopic (exact) mass is 294 g/mol. The lowest BCUT2D eigenvalue weighted by Gasteiger charge is -2.25. The number of hydrogen-bond donors (Lipinski definition) is 4. The van der Waals surface area contributed by atoms with Crippen molar-refractivity contribution in [1.82, 2.24) is 5.32 Å². The third kappa shape index (κ3) is 2.18. The summed E-state index contributed by atoms with van der Waals surface area (Å²) < 4.78 is 5.63. The molecule has 1 aromatic carbocycles. The summed E-state index contributed by atoms with van der Waals surface area (Å²) in [4.78, 5) is 13.6. The van der Waals surface area contributed by atoms with Crippen molar-refractivity contribution in [2.24, 2.45) is 0 Å². The molecule has 7 nitrogen and oxygen atoms in total. The van der Waals surface area contributed by atoms with E-state index in [9.17, 15) is 15.0 Å². The van der Waals surface area contributed by atoms with Gasteiger partial charge in [0.1, 0.15) is 24.4 Å². The molecule has 1 aromatic rings. The number of amides is 2. The number of carbonyl (C=O) groups is 1. The van der Waals surface area contributed by atoms with E-state index >= 15 is 0 Å². The lowest BCUT2D eigenvalue weighted by atomic mass is 10.0. The zero-order valence-electron chi connectivity index (χ0n) is 11.5. The molecule has 0 aromatic heterocycles. The zero-order valence-corrected chi connectivity index (χ0v) is 11.5. The molecule has 2 saturated heterocycles. The highest BCUT2D eigenvalue weighted by atomic mass is 16.6. The van der Waals surface area contributed by atoms with Gasteiger partial charge in [-0.25, -0.2) is 4.79 Å². The maximum absolute atomic E-state index is 12.1. The van der Waals surface area contributed by atoms with E-state index in [2.05, 4.69) is 5.32 Å². The largest absolute Gasteiger partial charge is 0.394 e. The van der Waals surface area contributed by atoms with E-state index in [0.717, 1.165) is 5.56 Å². The Morgan fingerprint density at radius 3 is 2.81 bits per heavy atom. The van der Waals surface area contributed by atoms with Gasteiger partial charge in [-0.3, -0.25) is 4.90 Å². The van der Waals surface area contributed by atoms with E-state index in [-0.39, 0.29) is 6.03 Å². The van der Waals surface area contributed by atoms with Gasteiger partial charge in [0.25, 0.3) is 0 Å². The molecular formula is C14H18N2O5. The van der Waals surface area contributed by atoms with E-state index in [1.165, 1.54) is 4.90 Å². The second-order valence-electron chi connectivity index (χ2n) is 5.36. The molecule has 2 aliphatic heterocycles. The van der Waals surface area contributed by atoms with Crippen molar-refractivity contribution in [1.29, 1.82) is 0 Å². The highest BCUT2D eigenvalue weighted by Gasteiger charge is 2.55. The molecule has 0 radical (unpaired) electrons. The number of nitrogens with zero attached hydrogens (tertiary/aromatic N) is 1. The number of carbonyl (C=O) groups excluding carboxylic acids is 1. The number of rotatable bonds is 3. The van der Waals surface area contributed by atoms with Crippen LogP contribution in [-0.2, 0) is 4.74 Å². The average Bonchev–Trinajstić information content (AvgIpc) is 2.95. The van der Waals surface area contributed by atoms with E-state index < -0.39 is 37.2 Å². The van der Waals surface area contributed by atoms with Crippen LogP contribution < -0.4 is 10.2 Å². The van der Waals surface area contributed by atoms with Crippen molar-refractivity contribution in [3.8, 4) is 0 Å². The summed E-state index contributed by atoms with van der Waals surface area (Å²) in [6.45, 7) is 1.36. The van der Waals surface area contributed by atoms with Gasteiger partial charge in [-0.05, 0) is 18.6 Å². The molecule has 3 rings (SSSR count). The lowest BCUT2D eigenvalue weighted by Crippen LogP contribution is -2.45. The number of nitrogens with one attached hydrogen (secondary N) is 1. The molecule has 0 saturated carbocycles. The number of aliphatic hydroxyl groups excluding tert-OH is 3. The predicted molar refractivity (Wildman–Crippen MR) is 73.7 cm³/mol. The predicted octanol–water partition coefficient (Wildman–Crippen LogP) is -0.668. The smallest absolute Gasteiger partial charge is 0.324 e. The quantitative estimate of drug-likeness (QED) is 0.592. The molecule has 0 spiro atoms. The van der Waals surface area contributed by atoms with Gasteiger partial charge in [0.2, 0.25) is 0 Å². The minimum atomic E-state index is -1.19. The second kappa shape index (κ2) is 5.27. The van der Waals surface area contributed by atoms with Gasteiger partial charge < -0.3 is 25.4 Å². The first-order chi connectivity index (χ1) is 10.0. The molecule has 5 atom stereocenters. The van der Waals surface area contributed by atoms with Gasteiger partial charge in [-0.2, -0.15) is 0 Å². The van der Waals surface area contributed by atoms with Crippen molar-refractivity contribution < 1.29 is 24.9 Å². The Labute approximate surface area is 121 Å². The minimum Gasteiger partial charge on any atom is -0.394 e. The summed E-state index contributed by atoms with van der Waals surface area (Å²) in [5.41, 5.74) is 1.59. The normalized spacial score (nSPS) is 33.0. The number of ether oxygens (including phenoxy) is 1. The van der Waals surface area contributed by atoms with Gasteiger partial charge >= 0.3 is 6.03 Å². The molecular weight excluding hydrogens is 276 g/mol. The van der Waals surface area contributed by atoms with Crippen LogP contribution >= 0.6 is 0 Å². The Morgan fingerprint density at radius 2 is 2.14 bits per heavy atom. The first-order valence-corrected chi connectivity index (χ1v) is 6.82. The number of anilines is 1. The van der Waals surface area contributed by atoms with E-state index in [1.807, 2.05) is 25.1 Å². The van der Waals surface area contributed by atoms with E-state index in [1.54, 1.807) is 6.07 Å². The Balaban J connectivity index is 1.91. The molecule has 4 N–H and O–H groups in total. The second-order valence-corrected chi connectivity index (χ2v) is 5.36. The lowest BCUT2D eigenvalue weighted by molar-refractivity contribution is -0.0804. The molecule has 2 aliphatic rings. The first kappa shape index (κ1) is 14.3. The summed E-state index contributed by atoms with van der Waals surface area (Å²) in [6.07, 6.45) is -3.91. The Bertz CT molecular complexity index is 552. The third-order valence-electron chi connectivity index (χ3n) is 4.01. The number of aryl methyl sites for hydroxylation is 1. The van der Waals surface area contributed by atoms with Crippen LogP contribution in [0.25, 0.3) is 0 Å². The van der Waals surface area contributed by atoms with Crippen molar-refractivity contribution in [2.75, 3.05) is 11.5 Å². The molecule has 2 heterocycles. The van der Waals surface area contributed by atoms with Crippen LogP contribution in [0.3, 0.4) is 0 Å². The van der Waals surface area contributed by atoms with Crippen LogP contribution in [0, 0.1) is 6.92 Å². The first-order valence-electron chi connectivity index (χ1n) is 6.82. The van der Waals surface area contributed by atoms with Gasteiger partial charge in [0.05, 0.1) is 12.3 Å². The Hall–Kier alpha value is -1.67. The van der Waals surface area contributed by atoms with E-state index in [0.29, 0.717) is 5.69 Å². The van der Waals surface area contributed by atoms with Crippen LogP contribution in [0.4, 0.5) is 10.5 Å². The molecule has 0 unspecified atom stereocenters. The van der Waals surface area contributed by atoms with Gasteiger partial charge in [0, 0.05) is 0 Å². The molecule has 0 bridgehead atoms. The standard InChI is InChI=1S/C14H18N2O5/c1-7-4-2-3-5-8(7)16-13-10(15-14(16)20)11(19)12(21-13)9(18)6-17/h2-5,9-13,17-19H,6H2,1H3,(H,15,20)/t9-,10-,11-,12-,13+/m1/s1.